The average molecular weight is 694 g/mol. The Bertz CT molecular complexity index is 1420. The summed E-state index contributed by atoms with van der Waals surface area (Å²) < 4.78 is 16.1. The fourth-order valence-electron chi connectivity index (χ4n) is 7.29. The number of amides is 3. The van der Waals surface area contributed by atoms with Crippen LogP contribution in [0.3, 0.4) is 0 Å². The number of hydrogen-bond donors (Lipinski definition) is 0. The number of ether oxygens (including phenoxy) is 3. The summed E-state index contributed by atoms with van der Waals surface area (Å²) in [7, 11) is 0. The fraction of sp³-hybridized carbons (Fsp3) is 0.634. The van der Waals surface area contributed by atoms with Gasteiger partial charge in [0.2, 0.25) is 0 Å². The van der Waals surface area contributed by atoms with Gasteiger partial charge in [0.05, 0.1) is 18.1 Å². The molecule has 2 aromatic rings. The van der Waals surface area contributed by atoms with Crippen molar-refractivity contribution in [1.82, 2.24) is 14.7 Å². The van der Waals surface area contributed by atoms with E-state index in [1.165, 1.54) is 5.56 Å². The van der Waals surface area contributed by atoms with Crippen molar-refractivity contribution in [2.75, 3.05) is 13.2 Å². The molecule has 9 nitrogen and oxygen atoms in total. The van der Waals surface area contributed by atoms with Gasteiger partial charge in [0.25, 0.3) is 0 Å². The monoisotopic (exact) mass is 693 g/mol. The van der Waals surface area contributed by atoms with Crippen LogP contribution in [0.4, 0.5) is 14.4 Å². The van der Waals surface area contributed by atoms with Crippen LogP contribution in [0.1, 0.15) is 108 Å². The number of rotatable bonds is 5. The minimum absolute atomic E-state index is 0.0254. The maximum Gasteiger partial charge on any atom is 0.411 e. The molecule has 3 saturated heterocycles. The predicted octanol–water partition coefficient (Wildman–Crippen LogP) is 9.29. The molecule has 0 N–H and O–H groups in total. The first-order chi connectivity index (χ1) is 23.0. The lowest BCUT2D eigenvalue weighted by molar-refractivity contribution is 0.0281. The summed E-state index contributed by atoms with van der Waals surface area (Å²) in [6, 6.07) is 20.7. The van der Waals surface area contributed by atoms with E-state index in [9.17, 15) is 14.4 Å². The molecule has 3 heterocycles. The van der Waals surface area contributed by atoms with E-state index in [0.29, 0.717) is 25.0 Å². The molecule has 0 saturated carbocycles. The maximum absolute atomic E-state index is 12.4. The second kappa shape index (κ2) is 15.6. The van der Waals surface area contributed by atoms with Gasteiger partial charge in [0.1, 0.15) is 13.2 Å². The van der Waals surface area contributed by atoms with Crippen molar-refractivity contribution in [2.24, 2.45) is 11.8 Å². The van der Waals surface area contributed by atoms with Gasteiger partial charge < -0.3 is 14.2 Å². The Kier molecular flexibility index (Phi) is 12.7. The molecular formula is C41H63N3O6. The first-order valence-corrected chi connectivity index (χ1v) is 18.0. The molecule has 5 rings (SSSR count). The fourth-order valence-corrected chi connectivity index (χ4v) is 7.29. The van der Waals surface area contributed by atoms with Crippen molar-refractivity contribution in [3.63, 3.8) is 0 Å². The molecule has 3 aliphatic rings. The molecule has 0 bridgehead atoms. The smallest absolute Gasteiger partial charge is 0.411 e. The highest BCUT2D eigenvalue weighted by Crippen LogP contribution is 2.44. The third kappa shape index (κ3) is 9.52. The van der Waals surface area contributed by atoms with Crippen molar-refractivity contribution >= 4 is 18.3 Å². The van der Waals surface area contributed by atoms with E-state index >= 15 is 0 Å². The van der Waals surface area contributed by atoms with Crippen molar-refractivity contribution < 1.29 is 28.6 Å². The van der Waals surface area contributed by atoms with Crippen molar-refractivity contribution in [2.45, 2.75) is 144 Å². The Morgan fingerprint density at radius 3 is 1.54 bits per heavy atom. The Hall–Kier alpha value is -3.75. The van der Waals surface area contributed by atoms with E-state index < -0.39 is 5.60 Å². The van der Waals surface area contributed by atoms with E-state index in [4.69, 9.17) is 14.2 Å². The van der Waals surface area contributed by atoms with E-state index in [0.717, 1.165) is 12.0 Å². The molecule has 278 valence electrons. The van der Waals surface area contributed by atoms with Crippen LogP contribution in [-0.2, 0) is 26.2 Å². The largest absolute Gasteiger partial charge is 0.447 e. The van der Waals surface area contributed by atoms with Gasteiger partial charge >= 0.3 is 18.3 Å². The highest BCUT2D eigenvalue weighted by Gasteiger charge is 2.56. The summed E-state index contributed by atoms with van der Waals surface area (Å²) >= 11 is 0. The van der Waals surface area contributed by atoms with Gasteiger partial charge in [-0.25, -0.2) is 14.4 Å². The van der Waals surface area contributed by atoms with Crippen LogP contribution in [0.25, 0.3) is 0 Å². The highest BCUT2D eigenvalue weighted by atomic mass is 16.6. The first-order valence-electron chi connectivity index (χ1n) is 18.0. The average Bonchev–Trinajstić information content (AvgIpc) is 3.67. The quantitative estimate of drug-likeness (QED) is 0.290. The van der Waals surface area contributed by atoms with E-state index in [-0.39, 0.29) is 53.0 Å². The highest BCUT2D eigenvalue weighted by molar-refractivity contribution is 5.73. The predicted molar refractivity (Wildman–Crippen MR) is 199 cm³/mol. The summed E-state index contributed by atoms with van der Waals surface area (Å²) in [5.74, 6) is 0.761. The van der Waals surface area contributed by atoms with E-state index in [1.54, 1.807) is 0 Å². The van der Waals surface area contributed by atoms with E-state index in [2.05, 4.69) is 60.6 Å². The number of hydrogen-bond acceptors (Lipinski definition) is 6. The van der Waals surface area contributed by atoms with Gasteiger partial charge in [-0.3, -0.25) is 14.7 Å². The topological polar surface area (TPSA) is 88.6 Å². The lowest BCUT2D eigenvalue weighted by Gasteiger charge is -2.40. The maximum atomic E-state index is 12.4. The van der Waals surface area contributed by atoms with E-state index in [1.807, 2.05) is 112 Å². The molecule has 50 heavy (non-hydrogen) atoms. The summed E-state index contributed by atoms with van der Waals surface area (Å²) in [6.07, 6.45) is 0.260. The van der Waals surface area contributed by atoms with Crippen LogP contribution in [0.2, 0.25) is 0 Å². The lowest BCUT2D eigenvalue weighted by Crippen LogP contribution is -2.53. The summed E-state index contributed by atoms with van der Waals surface area (Å²) in [6.45, 7) is 30.0. The summed E-state index contributed by atoms with van der Waals surface area (Å²) in [5, 5.41) is 0. The van der Waals surface area contributed by atoms with Crippen LogP contribution in [0.15, 0.2) is 60.7 Å². The Morgan fingerprint density at radius 2 is 1.10 bits per heavy atom. The molecule has 0 spiro atoms. The lowest BCUT2D eigenvalue weighted by atomic mass is 9.80. The number of benzene rings is 2. The zero-order valence-corrected chi connectivity index (χ0v) is 33.1. The molecular weight excluding hydrogens is 630 g/mol. The Morgan fingerprint density at radius 1 is 0.640 bits per heavy atom. The van der Waals surface area contributed by atoms with Gasteiger partial charge in [-0.15, -0.1) is 0 Å². The molecule has 0 radical (unpaired) electrons. The van der Waals surface area contributed by atoms with Crippen LogP contribution in [-0.4, -0.2) is 80.9 Å². The second-order valence-electron chi connectivity index (χ2n) is 17.5. The molecule has 9 heteroatoms. The molecule has 0 aromatic heterocycles. The Labute approximate surface area is 301 Å². The zero-order valence-electron chi connectivity index (χ0n) is 33.1. The van der Waals surface area contributed by atoms with Crippen molar-refractivity contribution in [3.05, 3.63) is 71.8 Å². The third-order valence-electron chi connectivity index (χ3n) is 9.44. The third-order valence-corrected chi connectivity index (χ3v) is 9.44. The summed E-state index contributed by atoms with van der Waals surface area (Å²) in [5.41, 5.74) is 1.12. The molecule has 3 aliphatic heterocycles. The second-order valence-corrected chi connectivity index (χ2v) is 17.5. The first kappa shape index (κ1) is 40.7. The minimum atomic E-state index is -0.597. The Balaban J connectivity index is 0.000000208. The normalized spacial score (nSPS) is 24.0. The van der Waals surface area contributed by atoms with Crippen LogP contribution < -0.4 is 0 Å². The number of cyclic esters (lactones) is 3. The molecule has 1 unspecified atom stereocenters. The molecule has 3 amide bonds. The van der Waals surface area contributed by atoms with Crippen LogP contribution in [0.5, 0.6) is 0 Å². The zero-order chi connectivity index (χ0) is 37.8. The number of carbonyl (C=O) groups is 3. The van der Waals surface area contributed by atoms with Gasteiger partial charge in [-0.1, -0.05) is 88.4 Å². The van der Waals surface area contributed by atoms with Crippen molar-refractivity contribution in [1.29, 1.82) is 0 Å². The van der Waals surface area contributed by atoms with Gasteiger partial charge in [-0.05, 0) is 98.6 Å². The van der Waals surface area contributed by atoms with Gasteiger partial charge in [0.15, 0.2) is 5.60 Å². The molecule has 3 fully saturated rings. The van der Waals surface area contributed by atoms with Gasteiger partial charge in [-0.2, -0.15) is 0 Å². The molecule has 2 aromatic carbocycles. The molecule has 4 atom stereocenters. The van der Waals surface area contributed by atoms with Crippen LogP contribution >= 0.6 is 0 Å². The number of nitrogens with zero attached hydrogens (tertiary/aromatic N) is 3. The summed E-state index contributed by atoms with van der Waals surface area (Å²) in [4.78, 5) is 41.2. The SMILES string of the molecule is CC(C)(C)N1C(=O)OC[C@@H]1Cc1ccccc1.CC(C)[C@@H]1N(C(C)(C)C)C(=O)OC1(C)c1ccccc1.CC(C)[C@H]1COC(=O)N1C(C)(C)C. The van der Waals surface area contributed by atoms with Gasteiger partial charge in [0, 0.05) is 16.6 Å². The van der Waals surface area contributed by atoms with Crippen LogP contribution in [0, 0.1) is 11.8 Å². The van der Waals surface area contributed by atoms with Crippen molar-refractivity contribution in [3.8, 4) is 0 Å². The number of carbonyl (C=O) groups excluding carboxylic acids is 3. The minimum Gasteiger partial charge on any atom is -0.447 e. The molecule has 0 aliphatic carbocycles. The standard InChI is InChI=1S/C17H25NO2.C14H19NO2.C10H19NO2/c1-12(2)14-17(6,13-10-8-7-9-11-13)20-15(19)18(14)16(3,4)5;1-14(2,3)15-12(10-17-13(15)16)9-11-7-5-4-6-8-11;1-7(2)8-6-13-9(12)11(8)10(3,4)5/h7-12,14H,1-6H3;4-8,12H,9-10H2,1-3H3;7-8H,6H2,1-5H3/t14-,17?;12-;8-/m001/s1.